The molecule has 0 aliphatic heterocycles. The van der Waals surface area contributed by atoms with Crippen LogP contribution in [0.25, 0.3) is 0 Å². The van der Waals surface area contributed by atoms with Gasteiger partial charge in [0.1, 0.15) is 0 Å². The van der Waals surface area contributed by atoms with Crippen molar-refractivity contribution >= 4 is 23.0 Å². The standard InChI is InChI=1S/C11H15N3S/c1-2-6-12-11(15)14-13-10-7-8-4-3-5-9(8)10/h2-3,5,8-9H,1,4,6-7H2,(H2,12,14,15)/b13-10-/t8-,9-/m1/s1. The van der Waals surface area contributed by atoms with Crippen LogP contribution in [0.5, 0.6) is 0 Å². The van der Waals surface area contributed by atoms with Crippen molar-refractivity contribution in [3.05, 3.63) is 24.8 Å². The normalized spacial score (nSPS) is 29.5. The number of hydrogen-bond donors (Lipinski definition) is 2. The third-order valence-corrected chi connectivity index (χ3v) is 3.09. The first-order chi connectivity index (χ1) is 7.31. The van der Waals surface area contributed by atoms with Crippen LogP contribution in [0.2, 0.25) is 0 Å². The molecule has 2 N–H and O–H groups in total. The number of hydrogen-bond acceptors (Lipinski definition) is 2. The summed E-state index contributed by atoms with van der Waals surface area (Å²) < 4.78 is 0. The Morgan fingerprint density at radius 2 is 2.60 bits per heavy atom. The molecule has 2 aliphatic carbocycles. The van der Waals surface area contributed by atoms with Gasteiger partial charge in [0, 0.05) is 18.2 Å². The van der Waals surface area contributed by atoms with Crippen molar-refractivity contribution in [3.63, 3.8) is 0 Å². The van der Waals surface area contributed by atoms with Gasteiger partial charge in [-0.2, -0.15) is 5.10 Å². The smallest absolute Gasteiger partial charge is 0.187 e. The van der Waals surface area contributed by atoms with Crippen molar-refractivity contribution in [1.29, 1.82) is 0 Å². The van der Waals surface area contributed by atoms with Crippen LogP contribution >= 0.6 is 12.2 Å². The van der Waals surface area contributed by atoms with Gasteiger partial charge in [0.05, 0.1) is 0 Å². The predicted octanol–water partition coefficient (Wildman–Crippen LogP) is 1.59. The van der Waals surface area contributed by atoms with Gasteiger partial charge in [-0.25, -0.2) is 0 Å². The fraction of sp³-hybridized carbons (Fsp3) is 0.455. The first-order valence-electron chi connectivity index (χ1n) is 5.19. The highest BCUT2D eigenvalue weighted by molar-refractivity contribution is 7.80. The van der Waals surface area contributed by atoms with E-state index in [1.165, 1.54) is 12.1 Å². The summed E-state index contributed by atoms with van der Waals surface area (Å²) in [4.78, 5) is 0. The highest BCUT2D eigenvalue weighted by Crippen LogP contribution is 2.39. The SMILES string of the molecule is C=CCNC(=S)N/N=C1/C[C@H]2CC=C[C@@H]12. The van der Waals surface area contributed by atoms with E-state index in [1.54, 1.807) is 6.08 Å². The Bertz CT molecular complexity index is 333. The third kappa shape index (κ3) is 2.26. The van der Waals surface area contributed by atoms with Crippen LogP contribution < -0.4 is 10.7 Å². The fourth-order valence-corrected chi connectivity index (χ4v) is 2.12. The number of allylic oxidation sites excluding steroid dienone is 2. The topological polar surface area (TPSA) is 36.4 Å². The minimum absolute atomic E-state index is 0.563. The van der Waals surface area contributed by atoms with Gasteiger partial charge in [0.25, 0.3) is 0 Å². The van der Waals surface area contributed by atoms with Crippen LogP contribution in [0, 0.1) is 11.8 Å². The fourth-order valence-electron chi connectivity index (χ4n) is 1.99. The van der Waals surface area contributed by atoms with Gasteiger partial charge in [0.2, 0.25) is 0 Å². The summed E-state index contributed by atoms with van der Waals surface area (Å²) in [6.45, 7) is 4.27. The number of nitrogens with one attached hydrogen (secondary N) is 2. The Hall–Kier alpha value is -1.16. The van der Waals surface area contributed by atoms with Gasteiger partial charge in [-0.3, -0.25) is 5.43 Å². The van der Waals surface area contributed by atoms with Crippen molar-refractivity contribution in [3.8, 4) is 0 Å². The zero-order valence-electron chi connectivity index (χ0n) is 8.57. The minimum atomic E-state index is 0.563. The maximum absolute atomic E-state index is 5.03. The first-order valence-corrected chi connectivity index (χ1v) is 5.60. The summed E-state index contributed by atoms with van der Waals surface area (Å²) in [5.74, 6) is 1.37. The molecule has 4 heteroatoms. The van der Waals surface area contributed by atoms with Gasteiger partial charge >= 0.3 is 0 Å². The van der Waals surface area contributed by atoms with Crippen LogP contribution in [0.15, 0.2) is 29.9 Å². The number of fused-ring (bicyclic) bond motifs is 1. The molecule has 15 heavy (non-hydrogen) atoms. The van der Waals surface area contributed by atoms with Crippen molar-refractivity contribution in [2.24, 2.45) is 16.9 Å². The molecule has 2 atom stereocenters. The monoisotopic (exact) mass is 221 g/mol. The molecule has 0 heterocycles. The summed E-state index contributed by atoms with van der Waals surface area (Å²) >= 11 is 5.03. The largest absolute Gasteiger partial charge is 0.358 e. The van der Waals surface area contributed by atoms with E-state index >= 15 is 0 Å². The average Bonchev–Trinajstić information content (AvgIpc) is 2.57. The van der Waals surface area contributed by atoms with Crippen LogP contribution in [0.1, 0.15) is 12.8 Å². The molecule has 2 rings (SSSR count). The van der Waals surface area contributed by atoms with Crippen molar-refractivity contribution in [2.45, 2.75) is 12.8 Å². The highest BCUT2D eigenvalue weighted by Gasteiger charge is 2.37. The molecular weight excluding hydrogens is 206 g/mol. The van der Waals surface area contributed by atoms with Gasteiger partial charge in [0.15, 0.2) is 5.11 Å². The lowest BCUT2D eigenvalue weighted by molar-refractivity contribution is 0.444. The second-order valence-corrected chi connectivity index (χ2v) is 4.28. The number of nitrogens with zero attached hydrogens (tertiary/aromatic N) is 1. The molecule has 0 bridgehead atoms. The van der Waals surface area contributed by atoms with E-state index < -0.39 is 0 Å². The lowest BCUT2D eigenvalue weighted by Crippen LogP contribution is -2.38. The predicted molar refractivity (Wildman–Crippen MR) is 66.7 cm³/mol. The average molecular weight is 221 g/mol. The molecule has 0 saturated heterocycles. The van der Waals surface area contributed by atoms with Gasteiger partial charge in [-0.1, -0.05) is 18.2 Å². The number of hydrazone groups is 1. The molecule has 80 valence electrons. The van der Waals surface area contributed by atoms with E-state index in [4.69, 9.17) is 12.2 Å². The Morgan fingerprint density at radius 1 is 1.73 bits per heavy atom. The van der Waals surface area contributed by atoms with Crippen molar-refractivity contribution in [2.75, 3.05) is 6.54 Å². The van der Waals surface area contributed by atoms with Crippen LogP contribution in [0.3, 0.4) is 0 Å². The van der Waals surface area contributed by atoms with Crippen LogP contribution in [-0.2, 0) is 0 Å². The number of thiocarbonyl (C=S) groups is 1. The summed E-state index contributed by atoms with van der Waals surface area (Å²) in [5.41, 5.74) is 4.08. The lowest BCUT2D eigenvalue weighted by atomic mass is 9.74. The molecule has 0 spiro atoms. The van der Waals surface area contributed by atoms with Gasteiger partial charge in [-0.15, -0.1) is 6.58 Å². The molecule has 0 aromatic heterocycles. The van der Waals surface area contributed by atoms with E-state index in [2.05, 4.69) is 34.6 Å². The second kappa shape index (κ2) is 4.57. The zero-order valence-corrected chi connectivity index (χ0v) is 9.39. The maximum Gasteiger partial charge on any atom is 0.187 e. The van der Waals surface area contributed by atoms with Crippen molar-refractivity contribution in [1.82, 2.24) is 10.7 Å². The molecule has 2 aliphatic rings. The lowest BCUT2D eigenvalue weighted by Gasteiger charge is -2.31. The minimum Gasteiger partial charge on any atom is -0.358 e. The Balaban J connectivity index is 1.77. The molecule has 0 amide bonds. The second-order valence-electron chi connectivity index (χ2n) is 3.87. The van der Waals surface area contributed by atoms with Gasteiger partial charge < -0.3 is 5.32 Å². The molecular formula is C11H15N3S. The first kappa shape index (κ1) is 10.4. The molecule has 0 aromatic rings. The van der Waals surface area contributed by atoms with E-state index in [0.29, 0.717) is 17.6 Å². The summed E-state index contributed by atoms with van der Waals surface area (Å²) in [5, 5.41) is 7.84. The van der Waals surface area contributed by atoms with E-state index in [-0.39, 0.29) is 0 Å². The summed E-state index contributed by atoms with van der Waals surface area (Å²) in [6.07, 6.45) is 8.57. The molecule has 0 aromatic carbocycles. The van der Waals surface area contributed by atoms with E-state index in [1.807, 2.05) is 0 Å². The molecule has 0 radical (unpaired) electrons. The summed E-state index contributed by atoms with van der Waals surface area (Å²) in [7, 11) is 0. The maximum atomic E-state index is 5.03. The molecule has 1 fully saturated rings. The molecule has 3 nitrogen and oxygen atoms in total. The van der Waals surface area contributed by atoms with Crippen molar-refractivity contribution < 1.29 is 0 Å². The summed E-state index contributed by atoms with van der Waals surface area (Å²) in [6, 6.07) is 0. The third-order valence-electron chi connectivity index (χ3n) is 2.85. The Kier molecular flexibility index (Phi) is 3.16. The van der Waals surface area contributed by atoms with Crippen LogP contribution in [-0.4, -0.2) is 17.4 Å². The van der Waals surface area contributed by atoms with Crippen LogP contribution in [0.4, 0.5) is 0 Å². The van der Waals surface area contributed by atoms with Gasteiger partial charge in [-0.05, 0) is 31.0 Å². The Morgan fingerprint density at radius 3 is 3.33 bits per heavy atom. The Labute approximate surface area is 95.3 Å². The van der Waals surface area contributed by atoms with E-state index in [0.717, 1.165) is 12.3 Å². The zero-order chi connectivity index (χ0) is 10.7. The number of rotatable bonds is 3. The molecule has 1 saturated carbocycles. The highest BCUT2D eigenvalue weighted by atomic mass is 32.1. The quantitative estimate of drug-likeness (QED) is 0.432. The molecule has 0 unspecified atom stereocenters. The van der Waals surface area contributed by atoms with E-state index in [9.17, 15) is 0 Å².